The second-order valence-corrected chi connectivity index (χ2v) is 4.35. The van der Waals surface area contributed by atoms with Crippen molar-refractivity contribution >= 4 is 5.78 Å². The Bertz CT molecular complexity index is 174. The second kappa shape index (κ2) is 3.59. The first-order valence-electron chi connectivity index (χ1n) is 5.15. The maximum absolute atomic E-state index is 11.7. The molecule has 0 aromatic heterocycles. The van der Waals surface area contributed by atoms with Crippen LogP contribution < -0.4 is 0 Å². The summed E-state index contributed by atoms with van der Waals surface area (Å²) in [7, 11) is 0. The molecule has 1 nitrogen and oxygen atoms in total. The van der Waals surface area contributed by atoms with Gasteiger partial charge in [0.05, 0.1) is 0 Å². The summed E-state index contributed by atoms with van der Waals surface area (Å²) in [6.45, 7) is 6.44. The zero-order chi connectivity index (χ0) is 9.19. The monoisotopic (exact) mass is 168 g/mol. The van der Waals surface area contributed by atoms with Crippen molar-refractivity contribution in [2.75, 3.05) is 0 Å². The summed E-state index contributed by atoms with van der Waals surface area (Å²) in [6.07, 6.45) is 5.39. The predicted molar refractivity (Wildman–Crippen MR) is 51.0 cm³/mol. The van der Waals surface area contributed by atoms with Crippen molar-refractivity contribution in [3.63, 3.8) is 0 Å². The van der Waals surface area contributed by atoms with E-state index in [0.717, 1.165) is 19.3 Å². The van der Waals surface area contributed by atoms with Gasteiger partial charge in [0.2, 0.25) is 0 Å². The van der Waals surface area contributed by atoms with E-state index in [0.29, 0.717) is 11.7 Å². The normalized spacial score (nSPS) is 36.9. The maximum Gasteiger partial charge on any atom is 0.139 e. The molecule has 0 aliphatic heterocycles. The lowest BCUT2D eigenvalue weighted by molar-refractivity contribution is -0.132. The average Bonchev–Trinajstić information content (AvgIpc) is 2.10. The summed E-state index contributed by atoms with van der Waals surface area (Å²) in [6, 6.07) is 0. The number of ketones is 1. The Morgan fingerprint density at radius 2 is 2.17 bits per heavy atom. The van der Waals surface area contributed by atoms with Gasteiger partial charge in [-0.15, -0.1) is 0 Å². The molecule has 0 radical (unpaired) electrons. The highest BCUT2D eigenvalue weighted by Gasteiger charge is 2.36. The molecule has 0 amide bonds. The highest BCUT2D eigenvalue weighted by Crippen LogP contribution is 2.38. The van der Waals surface area contributed by atoms with Gasteiger partial charge in [-0.05, 0) is 25.2 Å². The largest absolute Gasteiger partial charge is 0.299 e. The minimum absolute atomic E-state index is 0.0195. The fourth-order valence-corrected chi connectivity index (χ4v) is 2.00. The molecule has 1 aliphatic carbocycles. The molecule has 0 N–H and O–H groups in total. The van der Waals surface area contributed by atoms with Crippen molar-refractivity contribution in [3.8, 4) is 0 Å². The van der Waals surface area contributed by atoms with E-state index >= 15 is 0 Å². The molecule has 1 fully saturated rings. The van der Waals surface area contributed by atoms with Crippen LogP contribution in [0.1, 0.15) is 52.9 Å². The zero-order valence-corrected chi connectivity index (χ0v) is 8.52. The molecule has 1 aliphatic rings. The van der Waals surface area contributed by atoms with Gasteiger partial charge in [-0.1, -0.05) is 27.2 Å². The van der Waals surface area contributed by atoms with Crippen LogP contribution in [-0.2, 0) is 4.79 Å². The first-order chi connectivity index (χ1) is 5.62. The third kappa shape index (κ3) is 1.70. The number of carbonyl (C=O) groups excluding carboxylic acids is 1. The molecule has 2 atom stereocenters. The summed E-state index contributed by atoms with van der Waals surface area (Å²) in [5, 5.41) is 0. The van der Waals surface area contributed by atoms with Crippen LogP contribution in [0.5, 0.6) is 0 Å². The van der Waals surface area contributed by atoms with E-state index in [-0.39, 0.29) is 5.41 Å². The molecule has 1 rings (SSSR count). The van der Waals surface area contributed by atoms with E-state index in [1.807, 2.05) is 0 Å². The van der Waals surface area contributed by atoms with Crippen LogP contribution in [0.15, 0.2) is 0 Å². The molecule has 12 heavy (non-hydrogen) atoms. The Kier molecular flexibility index (Phi) is 2.92. The van der Waals surface area contributed by atoms with Crippen molar-refractivity contribution in [2.45, 2.75) is 52.9 Å². The molecule has 0 aromatic carbocycles. The summed E-state index contributed by atoms with van der Waals surface area (Å²) >= 11 is 0. The highest BCUT2D eigenvalue weighted by molar-refractivity contribution is 5.85. The maximum atomic E-state index is 11.7. The van der Waals surface area contributed by atoms with Crippen molar-refractivity contribution in [1.82, 2.24) is 0 Å². The van der Waals surface area contributed by atoms with E-state index in [1.165, 1.54) is 12.8 Å². The zero-order valence-electron chi connectivity index (χ0n) is 8.52. The first kappa shape index (κ1) is 9.76. The van der Waals surface area contributed by atoms with Crippen molar-refractivity contribution in [2.24, 2.45) is 11.3 Å². The predicted octanol–water partition coefficient (Wildman–Crippen LogP) is 3.18. The van der Waals surface area contributed by atoms with Gasteiger partial charge in [-0.25, -0.2) is 0 Å². The van der Waals surface area contributed by atoms with Gasteiger partial charge in [0, 0.05) is 11.8 Å². The van der Waals surface area contributed by atoms with Crippen LogP contribution in [0.2, 0.25) is 0 Å². The Hall–Kier alpha value is -0.330. The Labute approximate surface area is 75.5 Å². The molecular weight excluding hydrogens is 148 g/mol. The van der Waals surface area contributed by atoms with E-state index < -0.39 is 0 Å². The number of Topliss-reactive ketones (excluding diaryl/α,β-unsaturated/α-hetero) is 1. The third-order valence-corrected chi connectivity index (χ3v) is 3.61. The second-order valence-electron chi connectivity index (χ2n) is 4.35. The van der Waals surface area contributed by atoms with Crippen molar-refractivity contribution in [3.05, 3.63) is 0 Å². The van der Waals surface area contributed by atoms with E-state index in [4.69, 9.17) is 0 Å². The molecule has 0 saturated heterocycles. The highest BCUT2D eigenvalue weighted by atomic mass is 16.1. The molecule has 0 heterocycles. The minimum atomic E-state index is 0.0195. The Balaban J connectivity index is 2.59. The number of rotatable bonds is 2. The van der Waals surface area contributed by atoms with Crippen LogP contribution in [-0.4, -0.2) is 5.78 Å². The Morgan fingerprint density at radius 3 is 2.58 bits per heavy atom. The van der Waals surface area contributed by atoms with Gasteiger partial charge in [0.15, 0.2) is 0 Å². The standard InChI is InChI=1S/C11H20O/c1-4-9-6-7-11(3,5-2)10(12)8-9/h9H,4-8H2,1-3H3. The summed E-state index contributed by atoms with van der Waals surface area (Å²) in [4.78, 5) is 11.7. The van der Waals surface area contributed by atoms with Crippen LogP contribution >= 0.6 is 0 Å². The van der Waals surface area contributed by atoms with Crippen LogP contribution in [0.3, 0.4) is 0 Å². The summed E-state index contributed by atoms with van der Waals surface area (Å²) in [5.74, 6) is 1.18. The van der Waals surface area contributed by atoms with Gasteiger partial charge in [-0.2, -0.15) is 0 Å². The van der Waals surface area contributed by atoms with E-state index in [1.54, 1.807) is 0 Å². The molecule has 70 valence electrons. The molecule has 0 aromatic rings. The number of carbonyl (C=O) groups is 1. The lowest BCUT2D eigenvalue weighted by Gasteiger charge is -2.34. The average molecular weight is 168 g/mol. The number of hydrogen-bond acceptors (Lipinski definition) is 1. The summed E-state index contributed by atoms with van der Waals surface area (Å²) in [5.41, 5.74) is 0.0195. The fourth-order valence-electron chi connectivity index (χ4n) is 2.00. The topological polar surface area (TPSA) is 17.1 Å². The molecular formula is C11H20O. The smallest absolute Gasteiger partial charge is 0.139 e. The third-order valence-electron chi connectivity index (χ3n) is 3.61. The summed E-state index contributed by atoms with van der Waals surface area (Å²) < 4.78 is 0. The SMILES string of the molecule is CCC1CCC(C)(CC)C(=O)C1. The van der Waals surface area contributed by atoms with Crippen LogP contribution in [0.4, 0.5) is 0 Å². The van der Waals surface area contributed by atoms with E-state index in [2.05, 4.69) is 20.8 Å². The fraction of sp³-hybridized carbons (Fsp3) is 0.909. The quantitative estimate of drug-likeness (QED) is 0.619. The lowest BCUT2D eigenvalue weighted by Crippen LogP contribution is -2.33. The van der Waals surface area contributed by atoms with Crippen LogP contribution in [0, 0.1) is 11.3 Å². The van der Waals surface area contributed by atoms with Gasteiger partial charge in [-0.3, -0.25) is 4.79 Å². The lowest BCUT2D eigenvalue weighted by atomic mass is 9.69. The molecule has 2 unspecified atom stereocenters. The van der Waals surface area contributed by atoms with Gasteiger partial charge < -0.3 is 0 Å². The van der Waals surface area contributed by atoms with Crippen LogP contribution in [0.25, 0.3) is 0 Å². The van der Waals surface area contributed by atoms with E-state index in [9.17, 15) is 4.79 Å². The van der Waals surface area contributed by atoms with Gasteiger partial charge >= 0.3 is 0 Å². The first-order valence-corrected chi connectivity index (χ1v) is 5.15. The van der Waals surface area contributed by atoms with Gasteiger partial charge in [0.1, 0.15) is 5.78 Å². The van der Waals surface area contributed by atoms with Crippen molar-refractivity contribution < 1.29 is 4.79 Å². The molecule has 1 saturated carbocycles. The minimum Gasteiger partial charge on any atom is -0.299 e. The Morgan fingerprint density at radius 1 is 1.50 bits per heavy atom. The molecule has 1 heteroatoms. The molecule has 0 spiro atoms. The number of hydrogen-bond donors (Lipinski definition) is 0. The van der Waals surface area contributed by atoms with Gasteiger partial charge in [0.25, 0.3) is 0 Å². The molecule has 0 bridgehead atoms. The van der Waals surface area contributed by atoms with Crippen molar-refractivity contribution in [1.29, 1.82) is 0 Å².